The third kappa shape index (κ3) is 2.11. The Bertz CT molecular complexity index is 365. The van der Waals surface area contributed by atoms with Gasteiger partial charge in [-0.2, -0.15) is 0 Å². The lowest BCUT2D eigenvalue weighted by Crippen LogP contribution is -2.34. The second-order valence-corrected chi connectivity index (χ2v) is 3.95. The summed E-state index contributed by atoms with van der Waals surface area (Å²) in [5, 5.41) is 0. The molecule has 0 amide bonds. The van der Waals surface area contributed by atoms with Gasteiger partial charge in [0.15, 0.2) is 0 Å². The zero-order valence-corrected chi connectivity index (χ0v) is 8.67. The molecule has 1 heterocycles. The molecule has 82 valence electrons. The molecule has 0 aromatic heterocycles. The number of nitrogen functional groups attached to an aromatic ring is 1. The molecule has 0 bridgehead atoms. The first kappa shape index (κ1) is 10.4. The Hall–Kier alpha value is -1.13. The normalized spacial score (nSPS) is 16.4. The topological polar surface area (TPSA) is 55.3 Å². The van der Waals surface area contributed by atoms with Crippen LogP contribution in [0.15, 0.2) is 12.1 Å². The molecule has 0 unspecified atom stereocenters. The highest BCUT2D eigenvalue weighted by atomic mass is 19.1. The van der Waals surface area contributed by atoms with Gasteiger partial charge in [0.1, 0.15) is 5.82 Å². The van der Waals surface area contributed by atoms with Crippen molar-refractivity contribution < 1.29 is 4.39 Å². The molecule has 15 heavy (non-hydrogen) atoms. The van der Waals surface area contributed by atoms with Gasteiger partial charge in [0.25, 0.3) is 0 Å². The fraction of sp³-hybridized carbons (Fsp3) is 0.455. The number of rotatable bonds is 2. The van der Waals surface area contributed by atoms with Gasteiger partial charge in [-0.3, -0.25) is 4.90 Å². The van der Waals surface area contributed by atoms with Crippen molar-refractivity contribution >= 4 is 5.69 Å². The van der Waals surface area contributed by atoms with E-state index in [0.29, 0.717) is 12.2 Å². The average molecular weight is 209 g/mol. The molecule has 1 aromatic carbocycles. The maximum absolute atomic E-state index is 13.1. The molecule has 0 aliphatic carbocycles. The van der Waals surface area contributed by atoms with E-state index in [1.807, 2.05) is 0 Å². The van der Waals surface area contributed by atoms with Crippen molar-refractivity contribution in [2.45, 2.75) is 13.0 Å². The summed E-state index contributed by atoms with van der Waals surface area (Å²) in [7, 11) is 0. The summed E-state index contributed by atoms with van der Waals surface area (Å²) in [5.74, 6) is -0.249. The SMILES string of the molecule is NCCN1CCc2c(N)cc(F)cc2C1. The van der Waals surface area contributed by atoms with E-state index < -0.39 is 0 Å². The zero-order chi connectivity index (χ0) is 10.8. The molecule has 0 atom stereocenters. The molecule has 0 spiro atoms. The Balaban J connectivity index is 2.25. The summed E-state index contributed by atoms with van der Waals surface area (Å²) in [6, 6.07) is 2.98. The molecule has 3 nitrogen and oxygen atoms in total. The average Bonchev–Trinajstić information content (AvgIpc) is 2.17. The maximum Gasteiger partial charge on any atom is 0.125 e. The first-order valence-corrected chi connectivity index (χ1v) is 5.20. The Labute approximate surface area is 88.9 Å². The number of halogens is 1. The van der Waals surface area contributed by atoms with Crippen LogP contribution in [0, 0.1) is 5.82 Å². The van der Waals surface area contributed by atoms with Crippen LogP contribution in [0.1, 0.15) is 11.1 Å². The lowest BCUT2D eigenvalue weighted by molar-refractivity contribution is 0.261. The van der Waals surface area contributed by atoms with Crippen molar-refractivity contribution in [1.82, 2.24) is 4.90 Å². The highest BCUT2D eigenvalue weighted by Gasteiger charge is 2.18. The number of nitrogens with zero attached hydrogens (tertiary/aromatic N) is 1. The Morgan fingerprint density at radius 3 is 2.93 bits per heavy atom. The molecular formula is C11H16FN3. The first-order chi connectivity index (χ1) is 7.20. The fourth-order valence-electron chi connectivity index (χ4n) is 2.13. The van der Waals surface area contributed by atoms with E-state index in [-0.39, 0.29) is 5.82 Å². The van der Waals surface area contributed by atoms with Gasteiger partial charge in [-0.1, -0.05) is 0 Å². The van der Waals surface area contributed by atoms with E-state index in [4.69, 9.17) is 11.5 Å². The molecular weight excluding hydrogens is 193 g/mol. The highest BCUT2D eigenvalue weighted by Crippen LogP contribution is 2.25. The van der Waals surface area contributed by atoms with Crippen molar-refractivity contribution in [2.75, 3.05) is 25.4 Å². The van der Waals surface area contributed by atoms with Crippen LogP contribution in [-0.4, -0.2) is 24.5 Å². The van der Waals surface area contributed by atoms with Gasteiger partial charge in [0.05, 0.1) is 0 Å². The smallest absolute Gasteiger partial charge is 0.125 e. The predicted octanol–water partition coefficient (Wildman–Crippen LogP) is 0.725. The fourth-order valence-corrected chi connectivity index (χ4v) is 2.13. The van der Waals surface area contributed by atoms with Gasteiger partial charge in [-0.15, -0.1) is 0 Å². The van der Waals surface area contributed by atoms with Gasteiger partial charge < -0.3 is 11.5 Å². The minimum Gasteiger partial charge on any atom is -0.398 e. The Kier molecular flexibility index (Phi) is 2.88. The van der Waals surface area contributed by atoms with Crippen LogP contribution in [0.5, 0.6) is 0 Å². The van der Waals surface area contributed by atoms with Crippen LogP contribution in [0.3, 0.4) is 0 Å². The number of benzene rings is 1. The van der Waals surface area contributed by atoms with E-state index in [9.17, 15) is 4.39 Å². The molecule has 0 radical (unpaired) electrons. The van der Waals surface area contributed by atoms with Crippen LogP contribution in [0.25, 0.3) is 0 Å². The Morgan fingerprint density at radius 1 is 1.40 bits per heavy atom. The largest absolute Gasteiger partial charge is 0.398 e. The summed E-state index contributed by atoms with van der Waals surface area (Å²) in [5.41, 5.74) is 14.0. The van der Waals surface area contributed by atoms with Gasteiger partial charge >= 0.3 is 0 Å². The molecule has 0 saturated heterocycles. The number of nitrogens with two attached hydrogens (primary N) is 2. The maximum atomic E-state index is 13.1. The van der Waals surface area contributed by atoms with Crippen molar-refractivity contribution in [3.05, 3.63) is 29.1 Å². The Morgan fingerprint density at radius 2 is 2.20 bits per heavy atom. The number of hydrogen-bond acceptors (Lipinski definition) is 3. The summed E-state index contributed by atoms with van der Waals surface area (Å²) >= 11 is 0. The number of hydrogen-bond donors (Lipinski definition) is 2. The summed E-state index contributed by atoms with van der Waals surface area (Å²) in [6.45, 7) is 3.21. The van der Waals surface area contributed by atoms with E-state index in [1.165, 1.54) is 6.07 Å². The molecule has 0 saturated carbocycles. The van der Waals surface area contributed by atoms with Crippen LogP contribution >= 0.6 is 0 Å². The van der Waals surface area contributed by atoms with Crippen LogP contribution in [0.2, 0.25) is 0 Å². The third-order valence-corrected chi connectivity index (χ3v) is 2.86. The first-order valence-electron chi connectivity index (χ1n) is 5.20. The van der Waals surface area contributed by atoms with Crippen LogP contribution in [-0.2, 0) is 13.0 Å². The van der Waals surface area contributed by atoms with Gasteiger partial charge in [0, 0.05) is 31.9 Å². The second-order valence-electron chi connectivity index (χ2n) is 3.95. The highest BCUT2D eigenvalue weighted by molar-refractivity contribution is 5.52. The molecule has 1 aliphatic heterocycles. The van der Waals surface area contributed by atoms with Crippen molar-refractivity contribution in [3.8, 4) is 0 Å². The third-order valence-electron chi connectivity index (χ3n) is 2.86. The number of fused-ring (bicyclic) bond motifs is 1. The minimum absolute atomic E-state index is 0.249. The van der Waals surface area contributed by atoms with Crippen molar-refractivity contribution in [2.24, 2.45) is 5.73 Å². The summed E-state index contributed by atoms with van der Waals surface area (Å²) in [6.07, 6.45) is 0.890. The lowest BCUT2D eigenvalue weighted by atomic mass is 9.98. The standard InChI is InChI=1S/C11H16FN3/c12-9-5-8-7-15(4-2-13)3-1-10(8)11(14)6-9/h5-6H,1-4,7,13-14H2. The predicted molar refractivity (Wildman–Crippen MR) is 58.8 cm³/mol. The minimum atomic E-state index is -0.249. The molecule has 1 aromatic rings. The van der Waals surface area contributed by atoms with Crippen molar-refractivity contribution in [1.29, 1.82) is 0 Å². The van der Waals surface area contributed by atoms with Crippen molar-refractivity contribution in [3.63, 3.8) is 0 Å². The molecule has 1 aliphatic rings. The van der Waals surface area contributed by atoms with E-state index in [1.54, 1.807) is 6.07 Å². The molecule has 4 N–H and O–H groups in total. The molecule has 0 fully saturated rings. The summed E-state index contributed by atoms with van der Waals surface area (Å²) < 4.78 is 13.1. The molecule has 2 rings (SSSR count). The van der Waals surface area contributed by atoms with Gasteiger partial charge in [0.2, 0.25) is 0 Å². The summed E-state index contributed by atoms with van der Waals surface area (Å²) in [4.78, 5) is 2.22. The zero-order valence-electron chi connectivity index (χ0n) is 8.67. The van der Waals surface area contributed by atoms with Gasteiger partial charge in [-0.25, -0.2) is 4.39 Å². The quantitative estimate of drug-likeness (QED) is 0.706. The van der Waals surface area contributed by atoms with E-state index in [0.717, 1.165) is 37.2 Å². The monoisotopic (exact) mass is 209 g/mol. The van der Waals surface area contributed by atoms with Crippen LogP contribution < -0.4 is 11.5 Å². The van der Waals surface area contributed by atoms with Crippen LogP contribution in [0.4, 0.5) is 10.1 Å². The molecule has 4 heteroatoms. The van der Waals surface area contributed by atoms with E-state index in [2.05, 4.69) is 4.90 Å². The second kappa shape index (κ2) is 4.16. The lowest BCUT2D eigenvalue weighted by Gasteiger charge is -2.29. The van der Waals surface area contributed by atoms with Gasteiger partial charge in [-0.05, 0) is 29.7 Å². The number of anilines is 1. The van der Waals surface area contributed by atoms with E-state index >= 15 is 0 Å².